The van der Waals surface area contributed by atoms with Crippen LogP contribution in [0.5, 0.6) is 0 Å². The lowest BCUT2D eigenvalue weighted by atomic mass is 10.2. The fraction of sp³-hybridized carbons (Fsp3) is 0.211. The van der Waals surface area contributed by atoms with E-state index in [0.29, 0.717) is 5.82 Å². The average Bonchev–Trinajstić information content (AvgIpc) is 3.28. The van der Waals surface area contributed by atoms with Crippen LogP contribution in [-0.2, 0) is 30.2 Å². The summed E-state index contributed by atoms with van der Waals surface area (Å²) in [4.78, 5) is 36.1. The van der Waals surface area contributed by atoms with Gasteiger partial charge in [0.25, 0.3) is 5.91 Å². The first-order valence-electron chi connectivity index (χ1n) is 8.83. The van der Waals surface area contributed by atoms with E-state index in [9.17, 15) is 14.4 Å². The molecular formula is C19H20N6O5. The summed E-state index contributed by atoms with van der Waals surface area (Å²) in [5.74, 6) is -0.679. The van der Waals surface area contributed by atoms with Gasteiger partial charge in [-0.3, -0.25) is 19.5 Å². The molecule has 0 fully saturated rings. The van der Waals surface area contributed by atoms with Gasteiger partial charge in [-0.1, -0.05) is 30.3 Å². The van der Waals surface area contributed by atoms with Crippen molar-refractivity contribution >= 4 is 29.6 Å². The van der Waals surface area contributed by atoms with Crippen molar-refractivity contribution in [2.45, 2.75) is 6.61 Å². The number of rotatable bonds is 6. The third-order valence-corrected chi connectivity index (χ3v) is 4.07. The minimum atomic E-state index is -0.696. The van der Waals surface area contributed by atoms with E-state index in [2.05, 4.69) is 25.6 Å². The SMILES string of the molecule is COC(=O)c1cc(NC(=O)c2cc(NC(=O)OCc3ccccc3)nn2C)n(C)n1. The number of carbonyl (C=O) groups excluding carboxylic acids is 3. The van der Waals surface area contributed by atoms with E-state index in [1.807, 2.05) is 30.3 Å². The van der Waals surface area contributed by atoms with E-state index in [1.165, 1.54) is 28.6 Å². The quantitative estimate of drug-likeness (QED) is 0.592. The summed E-state index contributed by atoms with van der Waals surface area (Å²) in [7, 11) is 4.36. The summed E-state index contributed by atoms with van der Waals surface area (Å²) in [5, 5.41) is 13.2. The summed E-state index contributed by atoms with van der Waals surface area (Å²) in [6.07, 6.45) is -0.696. The molecule has 0 aliphatic carbocycles. The number of nitrogens with zero attached hydrogens (tertiary/aromatic N) is 4. The van der Waals surface area contributed by atoms with E-state index in [0.717, 1.165) is 5.56 Å². The second-order valence-electron chi connectivity index (χ2n) is 6.21. The number of benzene rings is 1. The van der Waals surface area contributed by atoms with Crippen molar-refractivity contribution in [2.75, 3.05) is 17.7 Å². The van der Waals surface area contributed by atoms with Crippen LogP contribution in [0, 0.1) is 0 Å². The van der Waals surface area contributed by atoms with E-state index in [4.69, 9.17) is 4.74 Å². The average molecular weight is 412 g/mol. The molecule has 0 radical (unpaired) electrons. The van der Waals surface area contributed by atoms with Crippen LogP contribution in [0.4, 0.5) is 16.4 Å². The molecule has 11 nitrogen and oxygen atoms in total. The van der Waals surface area contributed by atoms with E-state index in [-0.39, 0.29) is 23.8 Å². The predicted octanol–water partition coefficient (Wildman–Crippen LogP) is 1.94. The third-order valence-electron chi connectivity index (χ3n) is 4.07. The molecule has 11 heteroatoms. The molecule has 2 aromatic heterocycles. The second kappa shape index (κ2) is 8.90. The highest BCUT2D eigenvalue weighted by Gasteiger charge is 2.19. The molecule has 1 aromatic carbocycles. The Morgan fingerprint density at radius 3 is 2.43 bits per heavy atom. The summed E-state index contributed by atoms with van der Waals surface area (Å²) >= 11 is 0. The fourth-order valence-corrected chi connectivity index (χ4v) is 2.57. The Hall–Kier alpha value is -4.15. The molecule has 0 unspecified atom stereocenters. The van der Waals surface area contributed by atoms with Gasteiger partial charge in [0, 0.05) is 26.2 Å². The number of methoxy groups -OCH3 is 1. The normalized spacial score (nSPS) is 10.4. The minimum Gasteiger partial charge on any atom is -0.464 e. The zero-order valence-corrected chi connectivity index (χ0v) is 16.6. The van der Waals surface area contributed by atoms with Gasteiger partial charge in [-0.25, -0.2) is 9.59 Å². The number of anilines is 2. The molecule has 0 saturated heterocycles. The van der Waals surface area contributed by atoms with Crippen LogP contribution in [0.15, 0.2) is 42.5 Å². The van der Waals surface area contributed by atoms with Crippen molar-refractivity contribution in [3.8, 4) is 0 Å². The molecule has 156 valence electrons. The Balaban J connectivity index is 1.62. The fourth-order valence-electron chi connectivity index (χ4n) is 2.57. The Labute approximate surface area is 171 Å². The van der Waals surface area contributed by atoms with Gasteiger partial charge in [0.1, 0.15) is 18.1 Å². The molecule has 0 spiro atoms. The highest BCUT2D eigenvalue weighted by molar-refractivity contribution is 6.04. The zero-order valence-electron chi connectivity index (χ0n) is 16.6. The van der Waals surface area contributed by atoms with E-state index >= 15 is 0 Å². The second-order valence-corrected chi connectivity index (χ2v) is 6.21. The first-order chi connectivity index (χ1) is 14.4. The van der Waals surface area contributed by atoms with Crippen molar-refractivity contribution in [2.24, 2.45) is 14.1 Å². The molecule has 2 N–H and O–H groups in total. The van der Waals surface area contributed by atoms with Crippen molar-refractivity contribution in [1.29, 1.82) is 0 Å². The molecular weight excluding hydrogens is 392 g/mol. The van der Waals surface area contributed by atoms with Gasteiger partial charge in [-0.05, 0) is 5.56 Å². The van der Waals surface area contributed by atoms with Crippen molar-refractivity contribution < 1.29 is 23.9 Å². The lowest BCUT2D eigenvalue weighted by molar-refractivity contribution is 0.0593. The molecule has 30 heavy (non-hydrogen) atoms. The summed E-state index contributed by atoms with van der Waals surface area (Å²) in [6, 6.07) is 12.0. The van der Waals surface area contributed by atoms with E-state index in [1.54, 1.807) is 14.1 Å². The maximum atomic E-state index is 12.6. The maximum Gasteiger partial charge on any atom is 0.413 e. The van der Waals surface area contributed by atoms with Gasteiger partial charge >= 0.3 is 12.1 Å². The number of aryl methyl sites for hydroxylation is 2. The Bertz CT molecular complexity index is 1070. The third kappa shape index (κ3) is 4.82. The minimum absolute atomic E-state index is 0.0591. The molecule has 2 amide bonds. The zero-order chi connectivity index (χ0) is 21.7. The van der Waals surface area contributed by atoms with Crippen molar-refractivity contribution in [3.63, 3.8) is 0 Å². The molecule has 0 aliphatic rings. The van der Waals surface area contributed by atoms with Crippen LogP contribution in [0.2, 0.25) is 0 Å². The van der Waals surface area contributed by atoms with Gasteiger partial charge in [-0.15, -0.1) is 0 Å². The van der Waals surface area contributed by atoms with Crippen LogP contribution >= 0.6 is 0 Å². The standard InChI is InChI=1S/C19H20N6O5/c1-24-14(17(26)21-16-9-13(18(27)29-3)22-25(16)2)10-15(23-24)20-19(28)30-11-12-7-5-4-6-8-12/h4-10H,11H2,1-3H3,(H,21,26)(H,20,23,28). The van der Waals surface area contributed by atoms with Crippen molar-refractivity contribution in [3.05, 3.63) is 59.4 Å². The summed E-state index contributed by atoms with van der Waals surface area (Å²) < 4.78 is 12.4. The first kappa shape index (κ1) is 20.6. The number of aromatic nitrogens is 4. The largest absolute Gasteiger partial charge is 0.464 e. The molecule has 3 rings (SSSR count). The van der Waals surface area contributed by atoms with Crippen LogP contribution in [0.3, 0.4) is 0 Å². The predicted molar refractivity (Wildman–Crippen MR) is 106 cm³/mol. The number of hydrogen-bond acceptors (Lipinski definition) is 7. The van der Waals surface area contributed by atoms with Gasteiger partial charge in [-0.2, -0.15) is 10.2 Å². The monoisotopic (exact) mass is 412 g/mol. The van der Waals surface area contributed by atoms with Gasteiger partial charge in [0.15, 0.2) is 11.5 Å². The van der Waals surface area contributed by atoms with Gasteiger partial charge in [0.2, 0.25) is 0 Å². The number of nitrogens with one attached hydrogen (secondary N) is 2. The Morgan fingerprint density at radius 1 is 1.00 bits per heavy atom. The van der Waals surface area contributed by atoms with Crippen LogP contribution in [-0.4, -0.2) is 44.6 Å². The molecule has 0 aliphatic heterocycles. The number of amides is 2. The molecule has 3 aromatic rings. The lowest BCUT2D eigenvalue weighted by Gasteiger charge is -2.04. The highest BCUT2D eigenvalue weighted by atomic mass is 16.5. The first-order valence-corrected chi connectivity index (χ1v) is 8.83. The number of carbonyl (C=O) groups is 3. The number of esters is 1. The number of ether oxygens (including phenoxy) is 2. The highest BCUT2D eigenvalue weighted by Crippen LogP contribution is 2.14. The summed E-state index contributed by atoms with van der Waals surface area (Å²) in [6.45, 7) is 0.107. The molecule has 0 atom stereocenters. The van der Waals surface area contributed by atoms with Crippen LogP contribution in [0.1, 0.15) is 26.5 Å². The lowest BCUT2D eigenvalue weighted by Crippen LogP contribution is -2.17. The van der Waals surface area contributed by atoms with Gasteiger partial charge in [0.05, 0.1) is 7.11 Å². The van der Waals surface area contributed by atoms with Crippen LogP contribution < -0.4 is 10.6 Å². The molecule has 0 saturated carbocycles. The van der Waals surface area contributed by atoms with E-state index < -0.39 is 18.0 Å². The van der Waals surface area contributed by atoms with Gasteiger partial charge < -0.3 is 14.8 Å². The topological polar surface area (TPSA) is 129 Å². The molecule has 0 bridgehead atoms. The maximum absolute atomic E-state index is 12.6. The number of hydrogen-bond donors (Lipinski definition) is 2. The molecule has 2 heterocycles. The van der Waals surface area contributed by atoms with Crippen molar-refractivity contribution in [1.82, 2.24) is 19.6 Å². The Morgan fingerprint density at radius 2 is 1.73 bits per heavy atom. The van der Waals surface area contributed by atoms with Crippen LogP contribution in [0.25, 0.3) is 0 Å². The smallest absolute Gasteiger partial charge is 0.413 e. The Kier molecular flexibility index (Phi) is 6.11. The summed E-state index contributed by atoms with van der Waals surface area (Å²) in [5.41, 5.74) is 1.08.